The van der Waals surface area contributed by atoms with Crippen molar-refractivity contribution in [2.45, 2.75) is 257 Å². The fourth-order valence-electron chi connectivity index (χ4n) is 9.77. The molecule has 374 valence electrons. The van der Waals surface area contributed by atoms with Crippen molar-refractivity contribution in [2.24, 2.45) is 17.4 Å². The molecule has 1 unspecified atom stereocenters. The predicted molar refractivity (Wildman–Crippen MR) is 285 cm³/mol. The topological polar surface area (TPSA) is 82.3 Å². The molecule has 2 aliphatic heterocycles. The van der Waals surface area contributed by atoms with Crippen molar-refractivity contribution in [1.82, 2.24) is 15.5 Å². The van der Waals surface area contributed by atoms with Gasteiger partial charge in [0.2, 0.25) is 0 Å². The highest BCUT2D eigenvalue weighted by molar-refractivity contribution is 5.67. The standard InChI is InChI=1S/C58H112N6/c59-45-33-27-21-15-9-3-1-2-5-11-17-23-29-35-51-63-53-37-43-57(55-63)41-31-25-19-13-7-8-14-20-26-32-42-58-44-38-54-64(56-58)52-36-30-24-18-12-6-4-10-16-22-28-34-47-61-49-40-50-62-48-39-46-60/h37-38,43-44,54-56,58,61-62H,1-36,39-42,45-53,59-60H2. The van der Waals surface area contributed by atoms with Crippen molar-refractivity contribution in [3.63, 3.8) is 0 Å². The number of unbranched alkanes of at least 4 members (excludes halogenated alkanes) is 33. The van der Waals surface area contributed by atoms with Crippen LogP contribution in [0.25, 0.3) is 0 Å². The second-order valence-corrected chi connectivity index (χ2v) is 20.2. The van der Waals surface area contributed by atoms with Crippen LogP contribution in [0, 0.1) is 12.5 Å². The van der Waals surface area contributed by atoms with Crippen molar-refractivity contribution in [2.75, 3.05) is 58.9 Å². The summed E-state index contributed by atoms with van der Waals surface area (Å²) in [6, 6.07) is 0. The molecule has 1 atom stereocenters. The van der Waals surface area contributed by atoms with E-state index in [0.29, 0.717) is 5.92 Å². The Balaban J connectivity index is 1.27. The van der Waals surface area contributed by atoms with Gasteiger partial charge in [-0.05, 0) is 102 Å². The van der Waals surface area contributed by atoms with E-state index in [-0.39, 0.29) is 0 Å². The van der Waals surface area contributed by atoms with E-state index in [1.807, 2.05) is 0 Å². The SMILES string of the molecule is NCCCCCCCCCCCCCCCCN1C=C(CCCCCCCCCCCCC2C=CC=[N+](CCCCCCCCCCCCCCNCCCNCCCN)[CH-]2)C=CC1. The van der Waals surface area contributed by atoms with Crippen LogP contribution >= 0.6 is 0 Å². The number of nitrogens with one attached hydrogen (secondary N) is 2. The minimum atomic E-state index is 0.644. The molecular formula is C58H112N6. The molecule has 0 aromatic carbocycles. The van der Waals surface area contributed by atoms with Gasteiger partial charge in [0.15, 0.2) is 0 Å². The maximum atomic E-state index is 5.59. The van der Waals surface area contributed by atoms with E-state index in [1.165, 1.54) is 270 Å². The molecule has 0 aromatic heterocycles. The molecule has 2 aliphatic rings. The van der Waals surface area contributed by atoms with Crippen LogP contribution in [0.5, 0.6) is 0 Å². The smallest absolute Gasteiger partial charge is 0.115 e. The maximum absolute atomic E-state index is 5.59. The summed E-state index contributed by atoms with van der Waals surface area (Å²) in [6.07, 6.45) is 69.9. The molecule has 6 N–H and O–H groups in total. The third-order valence-electron chi connectivity index (χ3n) is 14.0. The van der Waals surface area contributed by atoms with Gasteiger partial charge in [-0.25, -0.2) is 0 Å². The molecule has 0 saturated heterocycles. The molecular weight excluding hydrogens is 781 g/mol. The molecule has 0 fully saturated rings. The second kappa shape index (κ2) is 47.9. The Bertz CT molecular complexity index is 1080. The van der Waals surface area contributed by atoms with E-state index in [1.54, 1.807) is 5.57 Å². The average Bonchev–Trinajstić information content (AvgIpc) is 3.31. The summed E-state index contributed by atoms with van der Waals surface area (Å²) in [5.74, 6) is 0.644. The number of rotatable bonds is 51. The van der Waals surface area contributed by atoms with Gasteiger partial charge in [0, 0.05) is 38.5 Å². The molecule has 0 radical (unpaired) electrons. The lowest BCUT2D eigenvalue weighted by atomic mass is 9.97. The molecule has 0 saturated carbocycles. The van der Waals surface area contributed by atoms with E-state index in [9.17, 15) is 0 Å². The first-order valence-corrected chi connectivity index (χ1v) is 28.9. The number of nitrogens with two attached hydrogens (primary N) is 2. The minimum absolute atomic E-state index is 0.644. The summed E-state index contributed by atoms with van der Waals surface area (Å²) in [5, 5.41) is 7.05. The summed E-state index contributed by atoms with van der Waals surface area (Å²) in [5.41, 5.74) is 12.7. The zero-order valence-electron chi connectivity index (χ0n) is 42.8. The third-order valence-corrected chi connectivity index (χ3v) is 14.0. The molecule has 0 spiro atoms. The quantitative estimate of drug-likeness (QED) is 0.0278. The Labute approximate surface area is 400 Å². The monoisotopic (exact) mass is 893 g/mol. The highest BCUT2D eigenvalue weighted by atomic mass is 15.1. The van der Waals surface area contributed by atoms with Crippen LogP contribution in [0.15, 0.2) is 36.1 Å². The first-order valence-electron chi connectivity index (χ1n) is 28.9. The Morgan fingerprint density at radius 2 is 0.922 bits per heavy atom. The lowest BCUT2D eigenvalue weighted by molar-refractivity contribution is -0.489. The lowest BCUT2D eigenvalue weighted by Gasteiger charge is -2.23. The fourth-order valence-corrected chi connectivity index (χ4v) is 9.77. The molecule has 6 heteroatoms. The van der Waals surface area contributed by atoms with Crippen LogP contribution in [-0.4, -0.2) is 74.6 Å². The van der Waals surface area contributed by atoms with Crippen molar-refractivity contribution >= 4 is 6.21 Å². The molecule has 0 bridgehead atoms. The summed E-state index contributed by atoms with van der Waals surface area (Å²) in [7, 11) is 0. The minimum Gasteiger partial charge on any atom is -0.373 e. The molecule has 2 rings (SSSR count). The second-order valence-electron chi connectivity index (χ2n) is 20.2. The Hall–Kier alpha value is -1.60. The molecule has 2 heterocycles. The van der Waals surface area contributed by atoms with Crippen LogP contribution in [0.3, 0.4) is 0 Å². The van der Waals surface area contributed by atoms with E-state index in [2.05, 4.69) is 63.4 Å². The highest BCUT2D eigenvalue weighted by Crippen LogP contribution is 2.21. The fraction of sp³-hybridized carbons (Fsp3) is 0.862. The van der Waals surface area contributed by atoms with Crippen molar-refractivity contribution in [3.8, 4) is 0 Å². The van der Waals surface area contributed by atoms with Crippen LogP contribution in [0.2, 0.25) is 0 Å². The van der Waals surface area contributed by atoms with Crippen molar-refractivity contribution < 1.29 is 4.58 Å². The van der Waals surface area contributed by atoms with Gasteiger partial charge in [0.1, 0.15) is 6.54 Å². The Morgan fingerprint density at radius 3 is 1.47 bits per heavy atom. The zero-order valence-corrected chi connectivity index (χ0v) is 42.8. The third kappa shape index (κ3) is 39.6. The van der Waals surface area contributed by atoms with E-state index in [4.69, 9.17) is 11.5 Å². The van der Waals surface area contributed by atoms with Gasteiger partial charge < -0.3 is 31.6 Å². The molecule has 6 nitrogen and oxygen atoms in total. The normalized spacial score (nSPS) is 15.0. The Morgan fingerprint density at radius 1 is 0.484 bits per heavy atom. The van der Waals surface area contributed by atoms with Gasteiger partial charge in [0.25, 0.3) is 0 Å². The molecule has 0 amide bonds. The summed E-state index contributed by atoms with van der Waals surface area (Å²) in [6.45, 7) is 12.2. The van der Waals surface area contributed by atoms with Gasteiger partial charge in [0.05, 0.1) is 0 Å². The van der Waals surface area contributed by atoms with Gasteiger partial charge >= 0.3 is 0 Å². The average molecular weight is 894 g/mol. The highest BCUT2D eigenvalue weighted by Gasteiger charge is 2.10. The number of nitrogens with zero attached hydrogens (tertiary/aromatic N) is 2. The first kappa shape index (κ1) is 58.5. The van der Waals surface area contributed by atoms with Gasteiger partial charge in [-0.15, -0.1) is 6.08 Å². The maximum Gasteiger partial charge on any atom is 0.115 e. The first-order chi connectivity index (χ1) is 31.8. The molecule has 64 heavy (non-hydrogen) atoms. The van der Waals surface area contributed by atoms with Crippen LogP contribution in [-0.2, 0) is 0 Å². The largest absolute Gasteiger partial charge is 0.373 e. The van der Waals surface area contributed by atoms with Gasteiger partial charge in [-0.1, -0.05) is 217 Å². The molecule has 0 aromatic rings. The van der Waals surface area contributed by atoms with E-state index in [0.717, 1.165) is 45.7 Å². The van der Waals surface area contributed by atoms with E-state index < -0.39 is 0 Å². The summed E-state index contributed by atoms with van der Waals surface area (Å²) >= 11 is 0. The molecule has 0 aliphatic carbocycles. The van der Waals surface area contributed by atoms with Crippen LogP contribution < -0.4 is 22.1 Å². The van der Waals surface area contributed by atoms with Gasteiger partial charge in [-0.2, -0.15) is 0 Å². The number of allylic oxidation sites excluding steroid dienone is 3. The predicted octanol–water partition coefficient (Wildman–Crippen LogP) is 14.9. The van der Waals surface area contributed by atoms with Crippen molar-refractivity contribution in [3.05, 3.63) is 42.6 Å². The van der Waals surface area contributed by atoms with Crippen LogP contribution in [0.4, 0.5) is 0 Å². The lowest BCUT2D eigenvalue weighted by Crippen LogP contribution is -2.24. The summed E-state index contributed by atoms with van der Waals surface area (Å²) < 4.78 is 2.49. The number of hydrogen-bond acceptors (Lipinski definition) is 5. The summed E-state index contributed by atoms with van der Waals surface area (Å²) in [4.78, 5) is 2.57. The zero-order chi connectivity index (χ0) is 45.3. The van der Waals surface area contributed by atoms with E-state index >= 15 is 0 Å². The van der Waals surface area contributed by atoms with Crippen molar-refractivity contribution in [1.29, 1.82) is 0 Å². The van der Waals surface area contributed by atoms with Gasteiger partial charge in [-0.3, -0.25) is 0 Å². The number of hydrogen-bond donors (Lipinski definition) is 4. The van der Waals surface area contributed by atoms with Crippen LogP contribution in [0.1, 0.15) is 257 Å². The Kier molecular flexibility index (Phi) is 43.8.